The monoisotopic (exact) mass is 198 g/mol. The molecular weight excluding hydrogens is 184 g/mol. The van der Waals surface area contributed by atoms with Crippen LogP contribution in [-0.2, 0) is 11.2 Å². The normalized spacial score (nSPS) is 10.0. The summed E-state index contributed by atoms with van der Waals surface area (Å²) in [5.74, 6) is 0. The molecule has 3 nitrogen and oxygen atoms in total. The number of hydrogen-bond acceptors (Lipinski definition) is 4. The van der Waals surface area contributed by atoms with Crippen molar-refractivity contribution in [3.63, 3.8) is 0 Å². The molecular formula is C9H14N2OS. The summed E-state index contributed by atoms with van der Waals surface area (Å²) in [7, 11) is 0. The van der Waals surface area contributed by atoms with E-state index >= 15 is 0 Å². The van der Waals surface area contributed by atoms with Crippen LogP contribution in [0.1, 0.15) is 18.7 Å². The lowest BCUT2D eigenvalue weighted by atomic mass is 10.4. The van der Waals surface area contributed by atoms with Crippen LogP contribution >= 0.6 is 11.3 Å². The van der Waals surface area contributed by atoms with Crippen molar-refractivity contribution in [3.05, 3.63) is 11.1 Å². The molecule has 1 aromatic rings. The fourth-order valence-corrected chi connectivity index (χ4v) is 2.10. The van der Waals surface area contributed by atoms with E-state index in [2.05, 4.69) is 23.7 Å². The van der Waals surface area contributed by atoms with Crippen LogP contribution in [0.5, 0.6) is 0 Å². The third-order valence-corrected chi connectivity index (χ3v) is 2.94. The first kappa shape index (κ1) is 10.2. The summed E-state index contributed by atoms with van der Waals surface area (Å²) in [5.41, 5.74) is 0. The number of hydrogen-bond donors (Lipinski definition) is 0. The van der Waals surface area contributed by atoms with E-state index in [1.165, 1.54) is 0 Å². The zero-order valence-corrected chi connectivity index (χ0v) is 8.80. The van der Waals surface area contributed by atoms with E-state index in [-0.39, 0.29) is 0 Å². The molecule has 1 rings (SSSR count). The molecule has 0 atom stereocenters. The van der Waals surface area contributed by atoms with Gasteiger partial charge in [0.1, 0.15) is 6.29 Å². The summed E-state index contributed by atoms with van der Waals surface area (Å²) in [5, 5.41) is 1.02. The van der Waals surface area contributed by atoms with Crippen molar-refractivity contribution < 1.29 is 4.79 Å². The molecule has 13 heavy (non-hydrogen) atoms. The SMILES string of the molecule is CCN(CC)c1ncc(CC=O)s1. The topological polar surface area (TPSA) is 33.2 Å². The Bertz CT molecular complexity index is 268. The fraction of sp³-hybridized carbons (Fsp3) is 0.556. The third kappa shape index (κ3) is 2.52. The van der Waals surface area contributed by atoms with Crippen LogP contribution in [0.2, 0.25) is 0 Å². The van der Waals surface area contributed by atoms with E-state index in [1.54, 1.807) is 17.5 Å². The summed E-state index contributed by atoms with van der Waals surface area (Å²) in [6.07, 6.45) is 3.19. The summed E-state index contributed by atoms with van der Waals surface area (Å²) in [6, 6.07) is 0. The standard InChI is InChI=1S/C9H14N2OS/c1-3-11(4-2)9-10-7-8(13-9)5-6-12/h6-7H,3-5H2,1-2H3. The molecule has 0 aliphatic heterocycles. The van der Waals surface area contributed by atoms with E-state index < -0.39 is 0 Å². The maximum atomic E-state index is 10.3. The minimum atomic E-state index is 0.485. The van der Waals surface area contributed by atoms with Crippen molar-refractivity contribution in [3.8, 4) is 0 Å². The Morgan fingerprint density at radius 2 is 2.23 bits per heavy atom. The van der Waals surface area contributed by atoms with Gasteiger partial charge in [-0.2, -0.15) is 0 Å². The number of carbonyl (C=O) groups is 1. The first-order chi connectivity index (χ1) is 6.31. The van der Waals surface area contributed by atoms with Crippen molar-refractivity contribution in [1.29, 1.82) is 0 Å². The quantitative estimate of drug-likeness (QED) is 0.676. The first-order valence-electron chi connectivity index (χ1n) is 4.45. The fourth-order valence-electron chi connectivity index (χ4n) is 1.11. The molecule has 0 aliphatic carbocycles. The highest BCUT2D eigenvalue weighted by atomic mass is 32.1. The number of carbonyl (C=O) groups excluding carboxylic acids is 1. The van der Waals surface area contributed by atoms with Crippen molar-refractivity contribution in [2.75, 3.05) is 18.0 Å². The van der Waals surface area contributed by atoms with Crippen LogP contribution in [0.4, 0.5) is 5.13 Å². The van der Waals surface area contributed by atoms with Gasteiger partial charge in [-0.25, -0.2) is 4.98 Å². The third-order valence-electron chi connectivity index (χ3n) is 1.86. The lowest BCUT2D eigenvalue weighted by molar-refractivity contribution is -0.107. The largest absolute Gasteiger partial charge is 0.349 e. The Balaban J connectivity index is 2.71. The van der Waals surface area contributed by atoms with Gasteiger partial charge in [-0.05, 0) is 13.8 Å². The van der Waals surface area contributed by atoms with Gasteiger partial charge in [-0.15, -0.1) is 11.3 Å². The van der Waals surface area contributed by atoms with Gasteiger partial charge < -0.3 is 9.69 Å². The van der Waals surface area contributed by atoms with Crippen molar-refractivity contribution in [1.82, 2.24) is 4.98 Å². The number of rotatable bonds is 5. The molecule has 0 saturated carbocycles. The molecule has 0 saturated heterocycles. The minimum absolute atomic E-state index is 0.485. The first-order valence-corrected chi connectivity index (χ1v) is 5.26. The van der Waals surface area contributed by atoms with Crippen LogP contribution in [0.25, 0.3) is 0 Å². The maximum Gasteiger partial charge on any atom is 0.185 e. The number of anilines is 1. The van der Waals surface area contributed by atoms with Gasteiger partial charge in [-0.1, -0.05) is 0 Å². The molecule has 0 N–H and O–H groups in total. The van der Waals surface area contributed by atoms with Gasteiger partial charge >= 0.3 is 0 Å². The molecule has 1 heterocycles. The van der Waals surface area contributed by atoms with Gasteiger partial charge in [0.15, 0.2) is 5.13 Å². The van der Waals surface area contributed by atoms with Gasteiger partial charge in [-0.3, -0.25) is 0 Å². The van der Waals surface area contributed by atoms with Crippen LogP contribution in [-0.4, -0.2) is 24.4 Å². The lowest BCUT2D eigenvalue weighted by Gasteiger charge is -2.16. The Kier molecular flexibility index (Phi) is 3.89. The summed E-state index contributed by atoms with van der Waals surface area (Å²) in [6.45, 7) is 6.13. The second-order valence-corrected chi connectivity index (χ2v) is 3.75. The molecule has 4 heteroatoms. The van der Waals surface area contributed by atoms with E-state index in [4.69, 9.17) is 0 Å². The molecule has 0 aliphatic rings. The smallest absolute Gasteiger partial charge is 0.185 e. The van der Waals surface area contributed by atoms with Crippen LogP contribution in [0, 0.1) is 0 Å². The van der Waals surface area contributed by atoms with E-state index in [0.29, 0.717) is 6.42 Å². The highest BCUT2D eigenvalue weighted by molar-refractivity contribution is 7.15. The second-order valence-electron chi connectivity index (χ2n) is 2.65. The number of nitrogens with zero attached hydrogens (tertiary/aromatic N) is 2. The molecule has 0 radical (unpaired) electrons. The van der Waals surface area contributed by atoms with Gasteiger partial charge in [0.05, 0.1) is 0 Å². The van der Waals surface area contributed by atoms with E-state index in [0.717, 1.165) is 29.4 Å². The maximum absolute atomic E-state index is 10.3. The van der Waals surface area contributed by atoms with Gasteiger partial charge in [0, 0.05) is 30.6 Å². The Morgan fingerprint density at radius 1 is 1.54 bits per heavy atom. The van der Waals surface area contributed by atoms with Gasteiger partial charge in [0.2, 0.25) is 0 Å². The van der Waals surface area contributed by atoms with Crippen LogP contribution < -0.4 is 4.90 Å². The average Bonchev–Trinajstić information content (AvgIpc) is 2.56. The molecule has 0 unspecified atom stereocenters. The molecule has 1 aromatic heterocycles. The van der Waals surface area contributed by atoms with Crippen molar-refractivity contribution in [2.24, 2.45) is 0 Å². The summed E-state index contributed by atoms with van der Waals surface area (Å²) in [4.78, 5) is 17.7. The Labute approximate surface area is 82.4 Å². The van der Waals surface area contributed by atoms with Gasteiger partial charge in [0.25, 0.3) is 0 Å². The molecule has 0 bridgehead atoms. The number of aldehydes is 1. The van der Waals surface area contributed by atoms with Crippen molar-refractivity contribution in [2.45, 2.75) is 20.3 Å². The number of aromatic nitrogens is 1. The van der Waals surface area contributed by atoms with Crippen LogP contribution in [0.15, 0.2) is 6.20 Å². The van der Waals surface area contributed by atoms with Crippen LogP contribution in [0.3, 0.4) is 0 Å². The predicted molar refractivity (Wildman–Crippen MR) is 55.4 cm³/mol. The molecule has 0 amide bonds. The molecule has 0 spiro atoms. The number of thiazole rings is 1. The predicted octanol–water partition coefficient (Wildman–Crippen LogP) is 1.73. The average molecular weight is 198 g/mol. The Hall–Kier alpha value is -0.900. The highest BCUT2D eigenvalue weighted by Gasteiger charge is 2.06. The van der Waals surface area contributed by atoms with Crippen molar-refractivity contribution >= 4 is 22.8 Å². The van der Waals surface area contributed by atoms with E-state index in [1.807, 2.05) is 0 Å². The summed E-state index contributed by atoms with van der Waals surface area (Å²) >= 11 is 1.60. The molecule has 0 aromatic carbocycles. The highest BCUT2D eigenvalue weighted by Crippen LogP contribution is 2.21. The summed E-state index contributed by atoms with van der Waals surface area (Å²) < 4.78 is 0. The molecule has 0 fully saturated rings. The lowest BCUT2D eigenvalue weighted by Crippen LogP contribution is -2.21. The minimum Gasteiger partial charge on any atom is -0.349 e. The zero-order valence-electron chi connectivity index (χ0n) is 7.99. The second kappa shape index (κ2) is 4.97. The zero-order chi connectivity index (χ0) is 9.68. The van der Waals surface area contributed by atoms with E-state index in [9.17, 15) is 4.79 Å². The molecule has 72 valence electrons. The Morgan fingerprint density at radius 3 is 2.77 bits per heavy atom.